The summed E-state index contributed by atoms with van der Waals surface area (Å²) in [6, 6.07) is 0.198. The zero-order valence-electron chi connectivity index (χ0n) is 7.39. The smallest absolute Gasteiger partial charge is 0.211 e. The van der Waals surface area contributed by atoms with E-state index in [1.54, 1.807) is 0 Å². The van der Waals surface area contributed by atoms with Crippen LogP contribution in [0.1, 0.15) is 20.3 Å². The molecule has 0 amide bonds. The number of hydrogen-bond acceptors (Lipinski definition) is 4. The van der Waals surface area contributed by atoms with Crippen molar-refractivity contribution < 1.29 is 9.53 Å². The van der Waals surface area contributed by atoms with E-state index in [1.165, 1.54) is 0 Å². The molecule has 4 nitrogen and oxygen atoms in total. The number of nitrogens with two attached hydrogens (primary N) is 1. The van der Waals surface area contributed by atoms with E-state index >= 15 is 0 Å². The maximum atomic E-state index is 11.3. The van der Waals surface area contributed by atoms with E-state index in [-0.39, 0.29) is 17.7 Å². The average molecular weight is 170 g/mol. The highest BCUT2D eigenvalue weighted by atomic mass is 16.5. The number of carbonyl (C=O) groups is 1. The van der Waals surface area contributed by atoms with Crippen LogP contribution in [0.3, 0.4) is 0 Å². The molecule has 0 saturated heterocycles. The summed E-state index contributed by atoms with van der Waals surface area (Å²) in [6.07, 6.45) is 0.412. The molecule has 0 aromatic heterocycles. The van der Waals surface area contributed by atoms with E-state index in [9.17, 15) is 4.79 Å². The molecule has 0 aromatic rings. The molecule has 0 aliphatic carbocycles. The van der Waals surface area contributed by atoms with Crippen LogP contribution in [0.5, 0.6) is 0 Å². The molecule has 0 radical (unpaired) electrons. The van der Waals surface area contributed by atoms with Crippen molar-refractivity contribution in [1.29, 1.82) is 0 Å². The maximum absolute atomic E-state index is 11.3. The first-order valence-corrected chi connectivity index (χ1v) is 4.03. The molecule has 12 heavy (non-hydrogen) atoms. The third kappa shape index (κ3) is 1.90. The molecule has 0 fully saturated rings. The summed E-state index contributed by atoms with van der Waals surface area (Å²) >= 11 is 0. The summed E-state index contributed by atoms with van der Waals surface area (Å²) in [6.45, 7) is 4.29. The van der Waals surface area contributed by atoms with Gasteiger partial charge in [-0.05, 0) is 13.8 Å². The zero-order chi connectivity index (χ0) is 9.14. The van der Waals surface area contributed by atoms with Gasteiger partial charge in [0, 0.05) is 12.5 Å². The Morgan fingerprint density at radius 3 is 2.75 bits per heavy atom. The Hall–Kier alpha value is -1.19. The normalized spacial score (nSPS) is 18.1. The molecule has 0 bridgehead atoms. The molecule has 0 atom stereocenters. The maximum Gasteiger partial charge on any atom is 0.211 e. The zero-order valence-corrected chi connectivity index (χ0v) is 7.39. The number of Topliss-reactive ketones (excluding diaryl/α,β-unsaturated/α-hetero) is 1. The second-order valence-electron chi connectivity index (χ2n) is 3.06. The first-order chi connectivity index (χ1) is 5.61. The van der Waals surface area contributed by atoms with Gasteiger partial charge in [0.15, 0.2) is 5.78 Å². The standard InChI is InChI=1S/C8H14N2O2/c1-5(2)10-7-6(11)3-4-12-8(7)9/h5,10H,3-4,9H2,1-2H3. The van der Waals surface area contributed by atoms with Gasteiger partial charge in [-0.1, -0.05) is 0 Å². The first-order valence-electron chi connectivity index (χ1n) is 4.03. The lowest BCUT2D eigenvalue weighted by Crippen LogP contribution is -2.34. The molecule has 0 unspecified atom stereocenters. The topological polar surface area (TPSA) is 64.3 Å². The molecular formula is C8H14N2O2. The number of carbonyl (C=O) groups excluding carboxylic acids is 1. The largest absolute Gasteiger partial charge is 0.477 e. The number of allylic oxidation sites excluding steroid dienone is 1. The second kappa shape index (κ2) is 3.47. The second-order valence-corrected chi connectivity index (χ2v) is 3.06. The van der Waals surface area contributed by atoms with Crippen LogP contribution in [0.15, 0.2) is 11.6 Å². The van der Waals surface area contributed by atoms with Crippen molar-refractivity contribution in [1.82, 2.24) is 5.32 Å². The molecule has 1 aliphatic heterocycles. The number of hydrogen-bond donors (Lipinski definition) is 2. The highest BCUT2D eigenvalue weighted by Gasteiger charge is 2.20. The Labute approximate surface area is 71.8 Å². The molecule has 0 aromatic carbocycles. The fourth-order valence-electron chi connectivity index (χ4n) is 1.03. The SMILES string of the molecule is CC(C)NC1=C(N)OCCC1=O. The van der Waals surface area contributed by atoms with Crippen LogP contribution in [-0.4, -0.2) is 18.4 Å². The van der Waals surface area contributed by atoms with Gasteiger partial charge in [0.2, 0.25) is 5.88 Å². The van der Waals surface area contributed by atoms with E-state index in [4.69, 9.17) is 10.5 Å². The van der Waals surface area contributed by atoms with Crippen LogP contribution in [0.25, 0.3) is 0 Å². The van der Waals surface area contributed by atoms with Crippen LogP contribution >= 0.6 is 0 Å². The van der Waals surface area contributed by atoms with E-state index in [2.05, 4.69) is 5.32 Å². The lowest BCUT2D eigenvalue weighted by Gasteiger charge is -2.20. The first kappa shape index (κ1) is 8.90. The predicted molar refractivity (Wildman–Crippen MR) is 45.1 cm³/mol. The Bertz CT molecular complexity index is 221. The Kier molecular flexibility index (Phi) is 2.58. The molecule has 1 rings (SSSR count). The van der Waals surface area contributed by atoms with Gasteiger partial charge >= 0.3 is 0 Å². The molecule has 0 saturated carbocycles. The summed E-state index contributed by atoms with van der Waals surface area (Å²) in [5.74, 6) is 0.257. The molecule has 1 aliphatic rings. The van der Waals surface area contributed by atoms with Crippen molar-refractivity contribution in [3.63, 3.8) is 0 Å². The van der Waals surface area contributed by atoms with Gasteiger partial charge in [-0.2, -0.15) is 0 Å². The van der Waals surface area contributed by atoms with Gasteiger partial charge in [-0.3, -0.25) is 4.79 Å². The van der Waals surface area contributed by atoms with Crippen molar-refractivity contribution in [3.05, 3.63) is 11.6 Å². The molecular weight excluding hydrogens is 156 g/mol. The van der Waals surface area contributed by atoms with E-state index < -0.39 is 0 Å². The van der Waals surface area contributed by atoms with Gasteiger partial charge in [0.05, 0.1) is 6.61 Å². The Morgan fingerprint density at radius 2 is 2.25 bits per heavy atom. The fourth-order valence-corrected chi connectivity index (χ4v) is 1.03. The highest BCUT2D eigenvalue weighted by molar-refractivity contribution is 5.95. The van der Waals surface area contributed by atoms with Crippen LogP contribution in [-0.2, 0) is 9.53 Å². The lowest BCUT2D eigenvalue weighted by atomic mass is 10.2. The van der Waals surface area contributed by atoms with Gasteiger partial charge in [0.1, 0.15) is 5.70 Å². The van der Waals surface area contributed by atoms with Crippen molar-refractivity contribution in [2.24, 2.45) is 5.73 Å². The summed E-state index contributed by atoms with van der Waals surface area (Å²) in [5.41, 5.74) is 5.92. The van der Waals surface area contributed by atoms with E-state index in [0.717, 1.165) is 0 Å². The molecule has 0 spiro atoms. The van der Waals surface area contributed by atoms with E-state index in [0.29, 0.717) is 18.7 Å². The summed E-state index contributed by atoms with van der Waals surface area (Å²) in [4.78, 5) is 11.3. The minimum atomic E-state index is 0.0347. The minimum Gasteiger partial charge on any atom is -0.477 e. The van der Waals surface area contributed by atoms with Crippen LogP contribution in [0.2, 0.25) is 0 Å². The Balaban J connectivity index is 2.74. The Morgan fingerprint density at radius 1 is 1.58 bits per heavy atom. The van der Waals surface area contributed by atoms with Gasteiger partial charge in [-0.25, -0.2) is 0 Å². The van der Waals surface area contributed by atoms with Crippen LogP contribution in [0.4, 0.5) is 0 Å². The quantitative estimate of drug-likeness (QED) is 0.617. The van der Waals surface area contributed by atoms with E-state index in [1.807, 2.05) is 13.8 Å². The average Bonchev–Trinajstić information content (AvgIpc) is 1.97. The summed E-state index contributed by atoms with van der Waals surface area (Å²) < 4.78 is 5.04. The van der Waals surface area contributed by atoms with Crippen molar-refractivity contribution in [2.45, 2.75) is 26.3 Å². The number of ether oxygens (including phenoxy) is 1. The third-order valence-electron chi connectivity index (χ3n) is 1.54. The van der Waals surface area contributed by atoms with Gasteiger partial charge < -0.3 is 15.8 Å². The molecule has 68 valence electrons. The van der Waals surface area contributed by atoms with Gasteiger partial charge in [-0.15, -0.1) is 0 Å². The molecule has 4 heteroatoms. The monoisotopic (exact) mass is 170 g/mol. The van der Waals surface area contributed by atoms with Gasteiger partial charge in [0.25, 0.3) is 0 Å². The molecule has 1 heterocycles. The number of ketones is 1. The predicted octanol–water partition coefficient (Wildman–Crippen LogP) is 0.102. The minimum absolute atomic E-state index is 0.0347. The summed E-state index contributed by atoms with van der Waals surface area (Å²) in [7, 11) is 0. The van der Waals surface area contributed by atoms with Crippen LogP contribution < -0.4 is 11.1 Å². The summed E-state index contributed by atoms with van der Waals surface area (Å²) in [5, 5.41) is 2.96. The molecule has 3 N–H and O–H groups in total. The number of rotatable bonds is 2. The van der Waals surface area contributed by atoms with Crippen molar-refractivity contribution in [3.8, 4) is 0 Å². The lowest BCUT2D eigenvalue weighted by molar-refractivity contribution is -0.118. The third-order valence-corrected chi connectivity index (χ3v) is 1.54. The van der Waals surface area contributed by atoms with Crippen LogP contribution in [0, 0.1) is 0 Å². The number of nitrogens with one attached hydrogen (secondary N) is 1. The van der Waals surface area contributed by atoms with Crippen molar-refractivity contribution >= 4 is 5.78 Å². The highest BCUT2D eigenvalue weighted by Crippen LogP contribution is 2.09. The fraction of sp³-hybridized carbons (Fsp3) is 0.625. The van der Waals surface area contributed by atoms with Crippen molar-refractivity contribution in [2.75, 3.05) is 6.61 Å².